The summed E-state index contributed by atoms with van der Waals surface area (Å²) in [6, 6.07) is 14.2. The zero-order valence-corrected chi connectivity index (χ0v) is 22.3. The Bertz CT molecular complexity index is 1030. The van der Waals surface area contributed by atoms with Gasteiger partial charge in [0.15, 0.2) is 0 Å². The van der Waals surface area contributed by atoms with Crippen molar-refractivity contribution in [1.82, 2.24) is 0 Å². The molecule has 1 aliphatic rings. The molecule has 1 fully saturated rings. The Labute approximate surface area is 226 Å². The van der Waals surface area contributed by atoms with Gasteiger partial charge < -0.3 is 24.4 Å². The van der Waals surface area contributed by atoms with Crippen molar-refractivity contribution < 1.29 is 34.0 Å². The second kappa shape index (κ2) is 15.1. The molecule has 2 aromatic rings. The lowest BCUT2D eigenvalue weighted by molar-refractivity contribution is -0.134. The molecule has 1 saturated carbocycles. The van der Waals surface area contributed by atoms with Gasteiger partial charge in [0.1, 0.15) is 30.0 Å². The van der Waals surface area contributed by atoms with Crippen LogP contribution in [0.15, 0.2) is 65.6 Å². The van der Waals surface area contributed by atoms with Crippen LogP contribution in [0.4, 0.5) is 0 Å². The molecule has 2 aromatic carbocycles. The number of hydrogen-bond acceptors (Lipinski definition) is 8. The van der Waals surface area contributed by atoms with E-state index in [1.807, 2.05) is 30.5 Å². The Balaban J connectivity index is 1.35. The van der Waals surface area contributed by atoms with Crippen LogP contribution in [0.2, 0.25) is 5.02 Å². The lowest BCUT2D eigenvalue weighted by atomic mass is 9.99. The molecule has 0 radical (unpaired) electrons. The molecular weight excluding hydrogens is 516 g/mol. The van der Waals surface area contributed by atoms with E-state index in [0.717, 1.165) is 4.90 Å². The maximum Gasteiger partial charge on any atom is 0.311 e. The highest BCUT2D eigenvalue weighted by atomic mass is 35.5. The van der Waals surface area contributed by atoms with Crippen molar-refractivity contribution >= 4 is 35.1 Å². The number of carbonyl (C=O) groups excluding carboxylic acids is 2. The van der Waals surface area contributed by atoms with Gasteiger partial charge in [-0.25, -0.2) is 0 Å². The number of halogens is 1. The maximum atomic E-state index is 12.4. The van der Waals surface area contributed by atoms with Crippen LogP contribution < -0.4 is 9.47 Å². The molecule has 1 aliphatic carbocycles. The van der Waals surface area contributed by atoms with Crippen LogP contribution in [0.3, 0.4) is 0 Å². The molecular formula is C28H33ClO7S. The number of carbonyl (C=O) groups is 2. The summed E-state index contributed by atoms with van der Waals surface area (Å²) in [5.41, 5.74) is 0. The van der Waals surface area contributed by atoms with E-state index in [0.29, 0.717) is 35.8 Å². The molecule has 37 heavy (non-hydrogen) atoms. The lowest BCUT2D eigenvalue weighted by Crippen LogP contribution is -2.34. The third-order valence-corrected chi connectivity index (χ3v) is 6.93. The second-order valence-electron chi connectivity index (χ2n) is 8.81. The molecule has 0 aromatic heterocycles. The summed E-state index contributed by atoms with van der Waals surface area (Å²) in [6.07, 6.45) is 5.30. The Morgan fingerprint density at radius 2 is 1.81 bits per heavy atom. The molecule has 9 heteroatoms. The van der Waals surface area contributed by atoms with Crippen LogP contribution in [0.1, 0.15) is 32.1 Å². The van der Waals surface area contributed by atoms with Gasteiger partial charge in [0.2, 0.25) is 0 Å². The monoisotopic (exact) mass is 548 g/mol. The molecule has 4 atom stereocenters. The van der Waals surface area contributed by atoms with E-state index >= 15 is 0 Å². The number of esters is 1. The van der Waals surface area contributed by atoms with E-state index in [2.05, 4.69) is 0 Å². The summed E-state index contributed by atoms with van der Waals surface area (Å²) >= 11 is 7.47. The number of rotatable bonds is 14. The van der Waals surface area contributed by atoms with E-state index in [9.17, 15) is 19.8 Å². The van der Waals surface area contributed by atoms with Gasteiger partial charge in [0.25, 0.3) is 0 Å². The minimum atomic E-state index is -0.919. The minimum Gasteiger partial charge on any atom is -0.491 e. The van der Waals surface area contributed by atoms with Crippen molar-refractivity contribution in [3.05, 3.63) is 65.7 Å². The maximum absolute atomic E-state index is 12.4. The van der Waals surface area contributed by atoms with Gasteiger partial charge in [-0.05, 0) is 74.0 Å². The average molecular weight is 549 g/mol. The minimum absolute atomic E-state index is 0.00845. The first-order chi connectivity index (χ1) is 17.9. The molecule has 0 aliphatic heterocycles. The lowest BCUT2D eigenvalue weighted by Gasteiger charge is -2.22. The molecule has 0 saturated heterocycles. The van der Waals surface area contributed by atoms with Gasteiger partial charge in [-0.1, -0.05) is 23.8 Å². The van der Waals surface area contributed by atoms with Crippen molar-refractivity contribution in [3.63, 3.8) is 0 Å². The van der Waals surface area contributed by atoms with Gasteiger partial charge in [0.05, 0.1) is 18.8 Å². The number of thioether (sulfide) groups is 1. The Kier molecular flexibility index (Phi) is 12.0. The van der Waals surface area contributed by atoms with E-state index in [1.165, 1.54) is 0 Å². The third-order valence-electron chi connectivity index (χ3n) is 5.94. The van der Waals surface area contributed by atoms with Gasteiger partial charge in [-0.2, -0.15) is 0 Å². The highest BCUT2D eigenvalue weighted by Crippen LogP contribution is 2.29. The van der Waals surface area contributed by atoms with Crippen LogP contribution >= 0.6 is 23.4 Å². The van der Waals surface area contributed by atoms with Crippen molar-refractivity contribution in [2.75, 3.05) is 19.5 Å². The summed E-state index contributed by atoms with van der Waals surface area (Å²) in [4.78, 5) is 25.5. The highest BCUT2D eigenvalue weighted by Gasteiger charge is 2.41. The fourth-order valence-electron chi connectivity index (χ4n) is 3.96. The molecule has 200 valence electrons. The third kappa shape index (κ3) is 9.79. The van der Waals surface area contributed by atoms with E-state index in [1.54, 1.807) is 48.2 Å². The average Bonchev–Trinajstić information content (AvgIpc) is 3.16. The van der Waals surface area contributed by atoms with Crippen molar-refractivity contribution in [1.29, 1.82) is 0 Å². The van der Waals surface area contributed by atoms with Crippen LogP contribution in [0, 0.1) is 5.92 Å². The van der Waals surface area contributed by atoms with Crippen LogP contribution in [-0.2, 0) is 14.3 Å². The van der Waals surface area contributed by atoms with E-state index in [-0.39, 0.29) is 37.8 Å². The Hall–Kier alpha value is -2.36. The fourth-order valence-corrected chi connectivity index (χ4v) is 4.50. The molecule has 2 N–H and O–H groups in total. The summed E-state index contributed by atoms with van der Waals surface area (Å²) < 4.78 is 16.6. The zero-order valence-electron chi connectivity index (χ0n) is 20.8. The molecule has 0 bridgehead atoms. The number of aliphatic hydroxyl groups is 2. The number of ketones is 1. The largest absolute Gasteiger partial charge is 0.491 e. The van der Waals surface area contributed by atoms with Crippen LogP contribution in [-0.4, -0.2) is 59.7 Å². The van der Waals surface area contributed by atoms with Gasteiger partial charge in [0, 0.05) is 28.7 Å². The Morgan fingerprint density at radius 3 is 2.51 bits per heavy atom. The van der Waals surface area contributed by atoms with E-state index in [4.69, 9.17) is 25.8 Å². The van der Waals surface area contributed by atoms with Gasteiger partial charge in [-0.15, -0.1) is 11.8 Å². The van der Waals surface area contributed by atoms with Gasteiger partial charge in [-0.3, -0.25) is 9.59 Å². The highest BCUT2D eigenvalue weighted by molar-refractivity contribution is 7.98. The standard InChI is InChI=1S/C28H33ClO7S/c1-37-23-14-12-22(13-15-23)36-27(33)7-5-3-2-4-6-24-25(31)16-26(32)28(24)35-18-20(30)17-34-21-10-8-19(29)9-11-21/h2,4,8-15,20,24,26,28,30,32H,3,5-7,16-18H2,1H3/t20?,24-,26+,28+/m0/s1. The molecule has 3 rings (SSSR count). The first-order valence-corrected chi connectivity index (χ1v) is 13.8. The summed E-state index contributed by atoms with van der Waals surface area (Å²) in [6.45, 7) is -0.0561. The van der Waals surface area contributed by atoms with Gasteiger partial charge >= 0.3 is 5.97 Å². The summed E-state index contributed by atoms with van der Waals surface area (Å²) in [7, 11) is 0. The second-order valence-corrected chi connectivity index (χ2v) is 10.1. The van der Waals surface area contributed by atoms with Crippen LogP contribution in [0.25, 0.3) is 0 Å². The normalized spacial score (nSPS) is 20.3. The smallest absolute Gasteiger partial charge is 0.311 e. The molecule has 7 nitrogen and oxygen atoms in total. The molecule has 0 heterocycles. The number of aliphatic hydroxyl groups excluding tert-OH is 2. The summed E-state index contributed by atoms with van der Waals surface area (Å²) in [5.74, 6) is 0.270. The topological polar surface area (TPSA) is 102 Å². The molecule has 0 amide bonds. The molecule has 1 unspecified atom stereocenters. The Morgan fingerprint density at radius 1 is 1.11 bits per heavy atom. The van der Waals surface area contributed by atoms with Crippen molar-refractivity contribution in [2.24, 2.45) is 5.92 Å². The molecule has 0 spiro atoms. The summed E-state index contributed by atoms with van der Waals surface area (Å²) in [5, 5.41) is 21.1. The van der Waals surface area contributed by atoms with E-state index < -0.39 is 24.2 Å². The quantitative estimate of drug-likeness (QED) is 0.113. The predicted molar refractivity (Wildman–Crippen MR) is 143 cm³/mol. The SMILES string of the molecule is CSc1ccc(OC(=O)CCCC=CC[C@H]2C(=O)C[C@@H](O)[C@@H]2OCC(O)COc2ccc(Cl)cc2)cc1. The number of unbranched alkanes of at least 4 members (excludes halogenated alkanes) is 1. The van der Waals surface area contributed by atoms with Crippen LogP contribution in [0.5, 0.6) is 11.5 Å². The number of benzene rings is 2. The zero-order chi connectivity index (χ0) is 26.6. The predicted octanol–water partition coefficient (Wildman–Crippen LogP) is 4.86. The number of allylic oxidation sites excluding steroid dienone is 2. The fraction of sp³-hybridized carbons (Fsp3) is 0.429. The number of ether oxygens (including phenoxy) is 3. The number of hydrogen-bond donors (Lipinski definition) is 2. The van der Waals surface area contributed by atoms with Crippen molar-refractivity contribution in [2.45, 2.75) is 55.3 Å². The number of Topliss-reactive ketones (excluding diaryl/α,β-unsaturated/α-hetero) is 1. The van der Waals surface area contributed by atoms with Crippen molar-refractivity contribution in [3.8, 4) is 11.5 Å². The first kappa shape index (κ1) is 29.2. The first-order valence-electron chi connectivity index (χ1n) is 12.2.